The van der Waals surface area contributed by atoms with E-state index in [4.69, 9.17) is 4.74 Å². The summed E-state index contributed by atoms with van der Waals surface area (Å²) in [4.78, 5) is 24.4. The minimum Gasteiger partial charge on any atom is -0.494 e. The monoisotopic (exact) mass is 359 g/mol. The van der Waals surface area contributed by atoms with E-state index in [0.29, 0.717) is 29.8 Å². The fraction of sp³-hybridized carbons (Fsp3) is 0.471. The standard InChI is InChI=1S/C17H21N5O4/c1-17(8-4-3-5-12(17)16(24)25)19-15(23)11-6-7-14(26-2)13(9-11)22-10-18-20-21-22/h6-7,9-10,12H,3-5,8H2,1-2H3,(H,19,23)(H,24,25). The van der Waals surface area contributed by atoms with E-state index < -0.39 is 17.4 Å². The van der Waals surface area contributed by atoms with Gasteiger partial charge in [-0.05, 0) is 48.4 Å². The zero-order chi connectivity index (χ0) is 18.7. The molecule has 1 heterocycles. The SMILES string of the molecule is COc1ccc(C(=O)NC2(C)CCCCC2C(=O)O)cc1-n1cnnn1. The molecule has 2 atom stereocenters. The van der Waals surface area contributed by atoms with Crippen LogP contribution in [0.15, 0.2) is 24.5 Å². The molecule has 0 spiro atoms. The first-order valence-corrected chi connectivity index (χ1v) is 8.41. The highest BCUT2D eigenvalue weighted by Crippen LogP contribution is 2.34. The number of methoxy groups -OCH3 is 1. The molecule has 0 saturated heterocycles. The summed E-state index contributed by atoms with van der Waals surface area (Å²) in [5, 5.41) is 23.4. The number of aromatic nitrogens is 4. The Kier molecular flexibility index (Phi) is 4.88. The Balaban J connectivity index is 1.88. The predicted octanol–water partition coefficient (Wildman–Crippen LogP) is 1.43. The smallest absolute Gasteiger partial charge is 0.308 e. The fourth-order valence-corrected chi connectivity index (χ4v) is 3.49. The van der Waals surface area contributed by atoms with Gasteiger partial charge in [-0.2, -0.15) is 4.68 Å². The topological polar surface area (TPSA) is 119 Å². The average Bonchev–Trinajstić information content (AvgIpc) is 3.15. The van der Waals surface area contributed by atoms with Crippen LogP contribution in [-0.4, -0.2) is 49.8 Å². The first kappa shape index (κ1) is 17.8. The molecule has 0 aliphatic heterocycles. The van der Waals surface area contributed by atoms with Gasteiger partial charge in [0, 0.05) is 5.56 Å². The summed E-state index contributed by atoms with van der Waals surface area (Å²) in [5.41, 5.74) is 0.122. The number of carbonyl (C=O) groups is 2. The molecule has 2 N–H and O–H groups in total. The molecule has 2 unspecified atom stereocenters. The van der Waals surface area contributed by atoms with Gasteiger partial charge in [0.25, 0.3) is 5.91 Å². The first-order valence-electron chi connectivity index (χ1n) is 8.41. The van der Waals surface area contributed by atoms with Crippen LogP contribution < -0.4 is 10.1 Å². The summed E-state index contributed by atoms with van der Waals surface area (Å²) in [6.07, 6.45) is 4.34. The van der Waals surface area contributed by atoms with Gasteiger partial charge >= 0.3 is 5.97 Å². The number of hydrogen-bond acceptors (Lipinski definition) is 6. The van der Waals surface area contributed by atoms with E-state index >= 15 is 0 Å². The minimum atomic E-state index is -0.878. The van der Waals surface area contributed by atoms with E-state index in [1.807, 2.05) is 0 Å². The van der Waals surface area contributed by atoms with Gasteiger partial charge < -0.3 is 15.2 Å². The maximum atomic E-state index is 12.8. The highest BCUT2D eigenvalue weighted by atomic mass is 16.5. The van der Waals surface area contributed by atoms with Crippen molar-refractivity contribution >= 4 is 11.9 Å². The number of nitrogens with zero attached hydrogens (tertiary/aromatic N) is 4. The molecular weight excluding hydrogens is 338 g/mol. The number of hydrogen-bond donors (Lipinski definition) is 2. The van der Waals surface area contributed by atoms with Gasteiger partial charge in [-0.3, -0.25) is 9.59 Å². The third kappa shape index (κ3) is 3.37. The van der Waals surface area contributed by atoms with Crippen LogP contribution in [0, 0.1) is 5.92 Å². The number of amides is 1. The van der Waals surface area contributed by atoms with Gasteiger partial charge in [0.2, 0.25) is 0 Å². The molecule has 138 valence electrons. The van der Waals surface area contributed by atoms with E-state index in [1.165, 1.54) is 18.1 Å². The Bertz CT molecular complexity index is 807. The van der Waals surface area contributed by atoms with Crippen molar-refractivity contribution in [3.05, 3.63) is 30.1 Å². The lowest BCUT2D eigenvalue weighted by molar-refractivity contribution is -0.145. The van der Waals surface area contributed by atoms with Crippen molar-refractivity contribution in [1.82, 2.24) is 25.5 Å². The number of carbonyl (C=O) groups excluding carboxylic acids is 1. The third-order valence-electron chi connectivity index (χ3n) is 4.94. The van der Waals surface area contributed by atoms with E-state index in [1.54, 1.807) is 25.1 Å². The third-order valence-corrected chi connectivity index (χ3v) is 4.94. The normalized spacial score (nSPS) is 22.6. The number of rotatable bonds is 5. The highest BCUT2D eigenvalue weighted by Gasteiger charge is 2.42. The first-order chi connectivity index (χ1) is 12.4. The second-order valence-electron chi connectivity index (χ2n) is 6.65. The number of nitrogens with one attached hydrogen (secondary N) is 1. The van der Waals surface area contributed by atoms with Gasteiger partial charge in [0.15, 0.2) is 0 Å². The molecule has 2 aromatic rings. The van der Waals surface area contributed by atoms with Crippen LogP contribution in [0.5, 0.6) is 5.75 Å². The summed E-state index contributed by atoms with van der Waals surface area (Å²) in [5.74, 6) is -1.30. The van der Waals surface area contributed by atoms with Crippen molar-refractivity contribution in [2.75, 3.05) is 7.11 Å². The molecule has 26 heavy (non-hydrogen) atoms. The molecular formula is C17H21N5O4. The Morgan fingerprint density at radius 1 is 1.38 bits per heavy atom. The quantitative estimate of drug-likeness (QED) is 0.829. The van der Waals surface area contributed by atoms with E-state index in [0.717, 1.165) is 12.8 Å². The lowest BCUT2D eigenvalue weighted by Crippen LogP contribution is -2.55. The van der Waals surface area contributed by atoms with Crippen LogP contribution in [0.4, 0.5) is 0 Å². The molecule has 3 rings (SSSR count). The molecule has 1 aromatic carbocycles. The number of carboxylic acid groups (broad SMARTS) is 1. The van der Waals surface area contributed by atoms with Crippen molar-refractivity contribution < 1.29 is 19.4 Å². The van der Waals surface area contributed by atoms with Crippen molar-refractivity contribution in [2.24, 2.45) is 5.92 Å². The van der Waals surface area contributed by atoms with Crippen LogP contribution in [0.25, 0.3) is 5.69 Å². The van der Waals surface area contributed by atoms with Crippen LogP contribution in [0.2, 0.25) is 0 Å². The summed E-state index contributed by atoms with van der Waals surface area (Å²) in [7, 11) is 1.52. The Morgan fingerprint density at radius 2 is 2.19 bits per heavy atom. The molecule has 0 bridgehead atoms. The second kappa shape index (κ2) is 7.11. The van der Waals surface area contributed by atoms with E-state index in [-0.39, 0.29) is 5.91 Å². The Morgan fingerprint density at radius 3 is 2.85 bits per heavy atom. The number of ether oxygens (including phenoxy) is 1. The van der Waals surface area contributed by atoms with Gasteiger partial charge in [-0.1, -0.05) is 12.8 Å². The van der Waals surface area contributed by atoms with Crippen molar-refractivity contribution in [1.29, 1.82) is 0 Å². The molecule has 1 amide bonds. The van der Waals surface area contributed by atoms with E-state index in [9.17, 15) is 14.7 Å². The van der Waals surface area contributed by atoms with Crippen LogP contribution in [0.1, 0.15) is 43.0 Å². The average molecular weight is 359 g/mol. The minimum absolute atomic E-state index is 0.336. The van der Waals surface area contributed by atoms with Crippen molar-refractivity contribution in [3.8, 4) is 11.4 Å². The van der Waals surface area contributed by atoms with Gasteiger partial charge in [0.1, 0.15) is 17.8 Å². The highest BCUT2D eigenvalue weighted by molar-refractivity contribution is 5.96. The molecule has 9 heteroatoms. The van der Waals surface area contributed by atoms with Gasteiger partial charge in [0.05, 0.1) is 18.6 Å². The van der Waals surface area contributed by atoms with Crippen LogP contribution in [0.3, 0.4) is 0 Å². The fourth-order valence-electron chi connectivity index (χ4n) is 3.49. The molecule has 1 aliphatic carbocycles. The van der Waals surface area contributed by atoms with E-state index in [2.05, 4.69) is 20.8 Å². The van der Waals surface area contributed by atoms with Crippen molar-refractivity contribution in [3.63, 3.8) is 0 Å². The lowest BCUT2D eigenvalue weighted by atomic mass is 9.73. The van der Waals surface area contributed by atoms with Crippen molar-refractivity contribution in [2.45, 2.75) is 38.1 Å². The molecule has 1 aromatic heterocycles. The largest absolute Gasteiger partial charge is 0.494 e. The Hall–Kier alpha value is -2.97. The molecule has 9 nitrogen and oxygen atoms in total. The zero-order valence-electron chi connectivity index (χ0n) is 14.7. The van der Waals surface area contributed by atoms with Gasteiger partial charge in [-0.25, -0.2) is 0 Å². The Labute approximate surface area is 150 Å². The molecule has 1 aliphatic rings. The number of benzene rings is 1. The summed E-state index contributed by atoms with van der Waals surface area (Å²) in [6, 6.07) is 4.90. The molecule has 0 radical (unpaired) electrons. The summed E-state index contributed by atoms with van der Waals surface area (Å²) < 4.78 is 6.70. The number of aliphatic carboxylic acids is 1. The maximum absolute atomic E-state index is 12.8. The second-order valence-corrected chi connectivity index (χ2v) is 6.65. The lowest BCUT2D eigenvalue weighted by Gasteiger charge is -2.39. The summed E-state index contributed by atoms with van der Waals surface area (Å²) in [6.45, 7) is 1.80. The predicted molar refractivity (Wildman–Crippen MR) is 91.2 cm³/mol. The molecule has 1 fully saturated rings. The van der Waals surface area contributed by atoms with Crippen LogP contribution >= 0.6 is 0 Å². The van der Waals surface area contributed by atoms with Gasteiger partial charge in [-0.15, -0.1) is 5.10 Å². The number of carboxylic acids is 1. The zero-order valence-corrected chi connectivity index (χ0v) is 14.7. The molecule has 1 saturated carbocycles. The maximum Gasteiger partial charge on any atom is 0.308 e. The van der Waals surface area contributed by atoms with Crippen LogP contribution in [-0.2, 0) is 4.79 Å². The summed E-state index contributed by atoms with van der Waals surface area (Å²) >= 11 is 0. The number of tetrazole rings is 1.